The number of methoxy groups -OCH3 is 1. The highest BCUT2D eigenvalue weighted by atomic mass is 16.5. The van der Waals surface area contributed by atoms with Gasteiger partial charge in [-0.15, -0.1) is 0 Å². The Balaban J connectivity index is 1.65. The number of carbonyl (C=O) groups is 2. The summed E-state index contributed by atoms with van der Waals surface area (Å²) in [6, 6.07) is 7.33. The molecule has 6 nitrogen and oxygen atoms in total. The Labute approximate surface area is 128 Å². The van der Waals surface area contributed by atoms with Crippen LogP contribution in [0.25, 0.3) is 10.9 Å². The molecule has 1 aliphatic rings. The molecule has 2 N–H and O–H groups in total. The lowest BCUT2D eigenvalue weighted by atomic mass is 10.2. The number of hydrogen-bond acceptors (Lipinski definition) is 3. The van der Waals surface area contributed by atoms with Crippen LogP contribution in [-0.4, -0.2) is 48.4 Å². The van der Waals surface area contributed by atoms with Crippen molar-refractivity contribution in [1.82, 2.24) is 15.2 Å². The van der Waals surface area contributed by atoms with Crippen LogP contribution < -0.4 is 10.1 Å². The van der Waals surface area contributed by atoms with Gasteiger partial charge in [-0.2, -0.15) is 0 Å². The lowest BCUT2D eigenvalue weighted by Crippen LogP contribution is -2.38. The first-order valence-corrected chi connectivity index (χ1v) is 7.40. The molecule has 2 amide bonds. The van der Waals surface area contributed by atoms with Crippen LogP contribution in [0.15, 0.2) is 24.3 Å². The Morgan fingerprint density at radius 3 is 2.77 bits per heavy atom. The van der Waals surface area contributed by atoms with Gasteiger partial charge in [0.15, 0.2) is 0 Å². The molecule has 0 saturated carbocycles. The minimum atomic E-state index is -0.275. The van der Waals surface area contributed by atoms with E-state index in [0.717, 1.165) is 42.6 Å². The van der Waals surface area contributed by atoms with E-state index < -0.39 is 0 Å². The quantitative estimate of drug-likeness (QED) is 0.899. The fourth-order valence-corrected chi connectivity index (χ4v) is 2.68. The van der Waals surface area contributed by atoms with E-state index in [4.69, 9.17) is 4.74 Å². The van der Waals surface area contributed by atoms with E-state index in [0.29, 0.717) is 5.69 Å². The second kappa shape index (κ2) is 6.09. The van der Waals surface area contributed by atoms with Gasteiger partial charge in [0.05, 0.1) is 13.7 Å². The van der Waals surface area contributed by atoms with E-state index >= 15 is 0 Å². The number of hydrogen-bond donors (Lipinski definition) is 2. The highest BCUT2D eigenvalue weighted by molar-refractivity contribution is 5.99. The van der Waals surface area contributed by atoms with Gasteiger partial charge in [-0.25, -0.2) is 0 Å². The number of rotatable bonds is 4. The summed E-state index contributed by atoms with van der Waals surface area (Å²) in [4.78, 5) is 28.9. The molecule has 1 aromatic heterocycles. The highest BCUT2D eigenvalue weighted by Gasteiger charge is 2.19. The minimum Gasteiger partial charge on any atom is -0.497 e. The molecule has 0 atom stereocenters. The van der Waals surface area contributed by atoms with E-state index in [1.54, 1.807) is 18.1 Å². The van der Waals surface area contributed by atoms with E-state index in [-0.39, 0.29) is 18.4 Å². The molecule has 1 saturated heterocycles. The van der Waals surface area contributed by atoms with E-state index in [2.05, 4.69) is 10.3 Å². The zero-order valence-corrected chi connectivity index (χ0v) is 12.5. The summed E-state index contributed by atoms with van der Waals surface area (Å²) < 4.78 is 5.16. The van der Waals surface area contributed by atoms with Gasteiger partial charge in [0.2, 0.25) is 5.91 Å². The number of nitrogens with zero attached hydrogens (tertiary/aromatic N) is 1. The number of carbonyl (C=O) groups excluding carboxylic acids is 2. The average Bonchev–Trinajstić information content (AvgIpc) is 3.20. The molecule has 1 aromatic carbocycles. The average molecular weight is 301 g/mol. The van der Waals surface area contributed by atoms with Crippen LogP contribution >= 0.6 is 0 Å². The van der Waals surface area contributed by atoms with Crippen molar-refractivity contribution in [2.75, 3.05) is 26.7 Å². The fourth-order valence-electron chi connectivity index (χ4n) is 2.68. The van der Waals surface area contributed by atoms with Crippen molar-refractivity contribution in [3.63, 3.8) is 0 Å². The highest BCUT2D eigenvalue weighted by Crippen LogP contribution is 2.21. The molecule has 1 fully saturated rings. The van der Waals surface area contributed by atoms with E-state index in [1.165, 1.54) is 0 Å². The van der Waals surface area contributed by atoms with Crippen molar-refractivity contribution in [2.24, 2.45) is 0 Å². The Bertz CT molecular complexity index is 702. The maximum atomic E-state index is 12.1. The standard InChI is InChI=1S/C16H19N3O3/c1-22-12-5-4-11-8-14(18-13(11)9-12)16(21)17-10-15(20)19-6-2-3-7-19/h4-5,8-9,18H,2-3,6-7,10H2,1H3,(H,17,21). The second-order valence-electron chi connectivity index (χ2n) is 5.41. The van der Waals surface area contributed by atoms with Crippen LogP contribution in [-0.2, 0) is 4.79 Å². The van der Waals surface area contributed by atoms with Crippen LogP contribution in [0.1, 0.15) is 23.3 Å². The molecule has 3 rings (SSSR count). The number of fused-ring (bicyclic) bond motifs is 1. The number of likely N-dealkylation sites (tertiary alicyclic amines) is 1. The Morgan fingerprint density at radius 1 is 1.27 bits per heavy atom. The monoisotopic (exact) mass is 301 g/mol. The topological polar surface area (TPSA) is 74.4 Å². The third kappa shape index (κ3) is 2.90. The molecule has 0 spiro atoms. The number of aromatic nitrogens is 1. The molecule has 1 aliphatic heterocycles. The second-order valence-corrected chi connectivity index (χ2v) is 5.41. The van der Waals surface area contributed by atoms with Crippen LogP contribution in [0.2, 0.25) is 0 Å². The van der Waals surface area contributed by atoms with Gasteiger partial charge in [0.25, 0.3) is 5.91 Å². The van der Waals surface area contributed by atoms with Gasteiger partial charge < -0.3 is 19.9 Å². The van der Waals surface area contributed by atoms with Gasteiger partial charge in [0, 0.05) is 30.1 Å². The number of nitrogens with one attached hydrogen (secondary N) is 2. The van der Waals surface area contributed by atoms with Gasteiger partial charge in [-0.3, -0.25) is 9.59 Å². The molecule has 0 bridgehead atoms. The molecule has 22 heavy (non-hydrogen) atoms. The van der Waals surface area contributed by atoms with Crippen LogP contribution in [0.4, 0.5) is 0 Å². The van der Waals surface area contributed by atoms with Crippen molar-refractivity contribution in [3.05, 3.63) is 30.0 Å². The lowest BCUT2D eigenvalue weighted by Gasteiger charge is -2.15. The number of ether oxygens (including phenoxy) is 1. The molecule has 2 aromatic rings. The van der Waals surface area contributed by atoms with Crippen LogP contribution in [0.3, 0.4) is 0 Å². The van der Waals surface area contributed by atoms with E-state index in [1.807, 2.05) is 18.2 Å². The summed E-state index contributed by atoms with van der Waals surface area (Å²) in [5, 5.41) is 3.60. The normalized spacial score (nSPS) is 14.3. The Kier molecular flexibility index (Phi) is 4.00. The maximum absolute atomic E-state index is 12.1. The number of amides is 2. The molecule has 0 aliphatic carbocycles. The van der Waals surface area contributed by atoms with Gasteiger partial charge in [-0.05, 0) is 31.0 Å². The predicted molar refractivity (Wildman–Crippen MR) is 83.0 cm³/mol. The number of aromatic amines is 1. The molecular weight excluding hydrogens is 282 g/mol. The summed E-state index contributed by atoms with van der Waals surface area (Å²) in [5.41, 5.74) is 1.27. The van der Waals surface area contributed by atoms with Crippen molar-refractivity contribution < 1.29 is 14.3 Å². The van der Waals surface area contributed by atoms with Crippen molar-refractivity contribution in [2.45, 2.75) is 12.8 Å². The van der Waals surface area contributed by atoms with Crippen LogP contribution in [0.5, 0.6) is 5.75 Å². The summed E-state index contributed by atoms with van der Waals surface area (Å²) in [6.07, 6.45) is 2.09. The fraction of sp³-hybridized carbons (Fsp3) is 0.375. The van der Waals surface area contributed by atoms with Crippen LogP contribution in [0, 0.1) is 0 Å². The van der Waals surface area contributed by atoms with Crippen molar-refractivity contribution in [3.8, 4) is 5.75 Å². The minimum absolute atomic E-state index is 0.0244. The largest absolute Gasteiger partial charge is 0.497 e. The Morgan fingerprint density at radius 2 is 2.05 bits per heavy atom. The molecule has 116 valence electrons. The summed E-state index contributed by atoms with van der Waals surface area (Å²) in [5.74, 6) is 0.428. The zero-order valence-electron chi connectivity index (χ0n) is 12.5. The number of benzene rings is 1. The van der Waals surface area contributed by atoms with Gasteiger partial charge >= 0.3 is 0 Å². The first-order chi connectivity index (χ1) is 10.7. The smallest absolute Gasteiger partial charge is 0.268 e. The molecular formula is C16H19N3O3. The number of H-pyrrole nitrogens is 1. The predicted octanol–water partition coefficient (Wildman–Crippen LogP) is 1.53. The first kappa shape index (κ1) is 14.4. The van der Waals surface area contributed by atoms with Crippen molar-refractivity contribution >= 4 is 22.7 Å². The Hall–Kier alpha value is -2.50. The van der Waals surface area contributed by atoms with Gasteiger partial charge in [-0.1, -0.05) is 0 Å². The molecule has 2 heterocycles. The SMILES string of the molecule is COc1ccc2cc(C(=O)NCC(=O)N3CCCC3)[nH]c2c1. The molecule has 0 unspecified atom stereocenters. The molecule has 0 radical (unpaired) electrons. The first-order valence-electron chi connectivity index (χ1n) is 7.40. The summed E-state index contributed by atoms with van der Waals surface area (Å²) >= 11 is 0. The van der Waals surface area contributed by atoms with E-state index in [9.17, 15) is 9.59 Å². The third-order valence-electron chi connectivity index (χ3n) is 3.93. The summed E-state index contributed by atoms with van der Waals surface area (Å²) in [6.45, 7) is 1.62. The lowest BCUT2D eigenvalue weighted by molar-refractivity contribution is -0.129. The zero-order chi connectivity index (χ0) is 15.5. The summed E-state index contributed by atoms with van der Waals surface area (Å²) in [7, 11) is 1.60. The van der Waals surface area contributed by atoms with Crippen molar-refractivity contribution in [1.29, 1.82) is 0 Å². The third-order valence-corrected chi connectivity index (χ3v) is 3.93. The molecule has 6 heteroatoms. The van der Waals surface area contributed by atoms with Gasteiger partial charge in [0.1, 0.15) is 11.4 Å². The maximum Gasteiger partial charge on any atom is 0.268 e.